The molecule has 2 atom stereocenters. The summed E-state index contributed by atoms with van der Waals surface area (Å²) in [5.74, 6) is -2.02. The number of nitrogens with one attached hydrogen (secondary N) is 2. The lowest BCUT2D eigenvalue weighted by Gasteiger charge is -2.37. The number of para-hydroxylation sites is 2. The van der Waals surface area contributed by atoms with Crippen molar-refractivity contribution in [3.63, 3.8) is 0 Å². The number of benzene rings is 2. The van der Waals surface area contributed by atoms with Gasteiger partial charge in [-0.1, -0.05) is 55.7 Å². The molecule has 0 bridgehead atoms. The second-order valence-corrected chi connectivity index (χ2v) is 9.49. The van der Waals surface area contributed by atoms with Crippen LogP contribution in [0.25, 0.3) is 0 Å². The second-order valence-electron chi connectivity index (χ2n) is 9.49. The molecule has 0 spiro atoms. The van der Waals surface area contributed by atoms with Gasteiger partial charge in [-0.2, -0.15) is 0 Å². The minimum atomic E-state index is -1.26. The van der Waals surface area contributed by atoms with Gasteiger partial charge < -0.3 is 30.3 Å². The number of aliphatic hydroxyl groups is 2. The Balaban J connectivity index is 1.59. The molecule has 1 aliphatic carbocycles. The minimum Gasteiger partial charge on any atom is -0.425 e. The van der Waals surface area contributed by atoms with E-state index in [0.717, 1.165) is 19.3 Å². The minimum absolute atomic E-state index is 0.0478. The Bertz CT molecular complexity index is 991. The highest BCUT2D eigenvalue weighted by Gasteiger charge is 2.38. The molecule has 0 aliphatic heterocycles. The van der Waals surface area contributed by atoms with Gasteiger partial charge in [0, 0.05) is 12.8 Å². The molecule has 2 aromatic carbocycles. The molecule has 2 amide bonds. The van der Waals surface area contributed by atoms with Crippen molar-refractivity contribution >= 4 is 23.8 Å². The van der Waals surface area contributed by atoms with E-state index in [-0.39, 0.29) is 24.3 Å². The summed E-state index contributed by atoms with van der Waals surface area (Å²) in [6.45, 7) is -1.29. The molecule has 0 saturated heterocycles. The zero-order valence-corrected chi connectivity index (χ0v) is 21.1. The third-order valence-corrected chi connectivity index (χ3v) is 6.51. The van der Waals surface area contributed by atoms with Crippen molar-refractivity contribution in [1.82, 2.24) is 10.6 Å². The summed E-state index contributed by atoms with van der Waals surface area (Å²) in [7, 11) is 0. The topological polar surface area (TPSA) is 151 Å². The molecule has 38 heavy (non-hydrogen) atoms. The van der Waals surface area contributed by atoms with Gasteiger partial charge in [0.15, 0.2) is 12.1 Å². The molecule has 10 heteroatoms. The molecule has 0 unspecified atom stereocenters. The number of aliphatic hydroxyl groups excluding tert-OH is 2. The zero-order chi connectivity index (χ0) is 27.4. The summed E-state index contributed by atoms with van der Waals surface area (Å²) in [6, 6.07) is 14.1. The number of esters is 2. The number of carbonyl (C=O) groups excluding carboxylic acids is 4. The number of hydrogen-bond acceptors (Lipinski definition) is 8. The smallest absolute Gasteiger partial charge is 0.336 e. The van der Waals surface area contributed by atoms with Gasteiger partial charge in [0.05, 0.1) is 13.2 Å². The number of carbonyl (C=O) groups is 4. The van der Waals surface area contributed by atoms with Crippen LogP contribution in [-0.2, 0) is 19.2 Å². The summed E-state index contributed by atoms with van der Waals surface area (Å²) in [4.78, 5) is 50.8. The fourth-order valence-electron chi connectivity index (χ4n) is 4.60. The van der Waals surface area contributed by atoms with Gasteiger partial charge in [-0.3, -0.25) is 9.59 Å². The molecule has 0 aromatic heterocycles. The molecule has 3 rings (SSSR count). The van der Waals surface area contributed by atoms with Gasteiger partial charge >= 0.3 is 11.9 Å². The van der Waals surface area contributed by atoms with E-state index in [1.807, 2.05) is 0 Å². The van der Waals surface area contributed by atoms with Crippen molar-refractivity contribution in [3.05, 3.63) is 60.7 Å². The van der Waals surface area contributed by atoms with Crippen LogP contribution in [0.5, 0.6) is 11.5 Å². The van der Waals surface area contributed by atoms with E-state index in [1.54, 1.807) is 60.7 Å². The van der Waals surface area contributed by atoms with Crippen molar-refractivity contribution < 1.29 is 38.9 Å². The summed E-state index contributed by atoms with van der Waals surface area (Å²) < 4.78 is 10.4. The number of rotatable bonds is 12. The first-order valence-corrected chi connectivity index (χ1v) is 12.7. The van der Waals surface area contributed by atoms with E-state index in [1.165, 1.54) is 0 Å². The average molecular weight is 527 g/mol. The standard InChI is InChI=1S/C28H34N2O8/c31-18-22(26(35)37-20-10-4-1-5-11-20)29-24(33)16-28(14-8-3-9-15-28)17-25(34)30-23(19-32)27(36)38-21-12-6-2-7-13-21/h1-2,4-7,10-13,22-23,31-32H,3,8-9,14-19H2,(H,29,33)(H,30,34)/t22-,23-/m1/s1. The highest BCUT2D eigenvalue weighted by Crippen LogP contribution is 2.42. The van der Waals surface area contributed by atoms with E-state index in [2.05, 4.69) is 10.6 Å². The van der Waals surface area contributed by atoms with Crippen molar-refractivity contribution in [3.8, 4) is 11.5 Å². The Morgan fingerprint density at radius 3 is 1.45 bits per heavy atom. The molecule has 1 saturated carbocycles. The number of ether oxygens (including phenoxy) is 2. The molecule has 4 N–H and O–H groups in total. The molecule has 2 aromatic rings. The summed E-state index contributed by atoms with van der Waals surface area (Å²) >= 11 is 0. The Morgan fingerprint density at radius 1 is 0.684 bits per heavy atom. The van der Waals surface area contributed by atoms with E-state index in [4.69, 9.17) is 9.47 Å². The van der Waals surface area contributed by atoms with Gasteiger partial charge in [-0.15, -0.1) is 0 Å². The van der Waals surface area contributed by atoms with Gasteiger partial charge in [-0.25, -0.2) is 9.59 Å². The SMILES string of the molecule is O=C(CC1(CC(=O)N[C@H](CO)C(=O)Oc2ccccc2)CCCCC1)N[C@H](CO)C(=O)Oc1ccccc1. The maximum absolute atomic E-state index is 12.9. The zero-order valence-electron chi connectivity index (χ0n) is 21.1. The first kappa shape index (κ1) is 28.8. The second kappa shape index (κ2) is 14.3. The lowest BCUT2D eigenvalue weighted by atomic mass is 9.69. The van der Waals surface area contributed by atoms with Gasteiger partial charge in [0.25, 0.3) is 0 Å². The van der Waals surface area contributed by atoms with E-state index < -0.39 is 54.5 Å². The average Bonchev–Trinajstić information content (AvgIpc) is 2.91. The number of hydrogen-bond donors (Lipinski definition) is 4. The third-order valence-electron chi connectivity index (χ3n) is 6.51. The van der Waals surface area contributed by atoms with Crippen molar-refractivity contribution in [2.24, 2.45) is 5.41 Å². The van der Waals surface area contributed by atoms with Crippen LogP contribution < -0.4 is 20.1 Å². The molecule has 0 heterocycles. The van der Waals surface area contributed by atoms with Crippen molar-refractivity contribution in [2.75, 3.05) is 13.2 Å². The van der Waals surface area contributed by atoms with Crippen LogP contribution in [0.2, 0.25) is 0 Å². The Labute approximate surface area is 221 Å². The molecule has 1 aliphatic rings. The highest BCUT2D eigenvalue weighted by atomic mass is 16.5. The first-order chi connectivity index (χ1) is 18.3. The summed E-state index contributed by atoms with van der Waals surface area (Å²) in [5, 5.41) is 24.4. The van der Waals surface area contributed by atoms with Crippen LogP contribution in [-0.4, -0.2) is 59.3 Å². The Hall–Kier alpha value is -3.76. The highest BCUT2D eigenvalue weighted by molar-refractivity contribution is 5.88. The molecular weight excluding hydrogens is 492 g/mol. The molecule has 204 valence electrons. The van der Waals surface area contributed by atoms with Gasteiger partial charge in [-0.05, 0) is 42.5 Å². The quantitative estimate of drug-likeness (QED) is 0.242. The van der Waals surface area contributed by atoms with Crippen molar-refractivity contribution in [2.45, 2.75) is 57.0 Å². The lowest BCUT2D eigenvalue weighted by Crippen LogP contribution is -2.49. The largest absolute Gasteiger partial charge is 0.425 e. The Morgan fingerprint density at radius 2 is 1.08 bits per heavy atom. The fraction of sp³-hybridized carbons (Fsp3) is 0.429. The van der Waals surface area contributed by atoms with Crippen LogP contribution in [0.3, 0.4) is 0 Å². The summed E-state index contributed by atoms with van der Waals surface area (Å²) in [6.07, 6.45) is 3.71. The molecule has 1 fully saturated rings. The molecule has 10 nitrogen and oxygen atoms in total. The normalized spacial score (nSPS) is 15.9. The lowest BCUT2D eigenvalue weighted by molar-refractivity contribution is -0.142. The van der Waals surface area contributed by atoms with Crippen LogP contribution in [0.1, 0.15) is 44.9 Å². The van der Waals surface area contributed by atoms with Gasteiger partial charge in [0.1, 0.15) is 11.5 Å². The van der Waals surface area contributed by atoms with Crippen LogP contribution in [0, 0.1) is 5.41 Å². The third kappa shape index (κ3) is 8.67. The predicted octanol–water partition coefficient (Wildman–Crippen LogP) is 1.88. The van der Waals surface area contributed by atoms with Gasteiger partial charge in [0.2, 0.25) is 11.8 Å². The molecule has 0 radical (unpaired) electrons. The predicted molar refractivity (Wildman–Crippen MR) is 137 cm³/mol. The number of amides is 2. The first-order valence-electron chi connectivity index (χ1n) is 12.7. The van der Waals surface area contributed by atoms with E-state index in [0.29, 0.717) is 12.8 Å². The monoisotopic (exact) mass is 526 g/mol. The maximum atomic E-state index is 12.9. The summed E-state index contributed by atoms with van der Waals surface area (Å²) in [5.41, 5.74) is -0.695. The van der Waals surface area contributed by atoms with Crippen LogP contribution >= 0.6 is 0 Å². The Kier molecular flexibility index (Phi) is 10.8. The van der Waals surface area contributed by atoms with Crippen molar-refractivity contribution in [1.29, 1.82) is 0 Å². The fourth-order valence-corrected chi connectivity index (χ4v) is 4.60. The molecular formula is C28H34N2O8. The van der Waals surface area contributed by atoms with E-state index >= 15 is 0 Å². The van der Waals surface area contributed by atoms with Crippen LogP contribution in [0.15, 0.2) is 60.7 Å². The maximum Gasteiger partial charge on any atom is 0.336 e. The van der Waals surface area contributed by atoms with Crippen LogP contribution in [0.4, 0.5) is 0 Å². The van der Waals surface area contributed by atoms with E-state index in [9.17, 15) is 29.4 Å².